The zero-order chi connectivity index (χ0) is 12.3. The van der Waals surface area contributed by atoms with Gasteiger partial charge in [-0.1, -0.05) is 25.4 Å². The molecule has 5 nitrogen and oxygen atoms in total. The minimum absolute atomic E-state index is 0. The third kappa shape index (κ3) is 4.13. The Labute approximate surface area is 106 Å². The van der Waals surface area contributed by atoms with Crippen LogP contribution in [0.3, 0.4) is 0 Å². The van der Waals surface area contributed by atoms with Crippen LogP contribution in [0.25, 0.3) is 0 Å². The van der Waals surface area contributed by atoms with E-state index >= 15 is 0 Å². The largest absolute Gasteiger partial charge is 0.462 e. The average molecular weight is 260 g/mol. The highest BCUT2D eigenvalue weighted by atomic mass is 35.5. The van der Waals surface area contributed by atoms with Crippen LogP contribution >= 0.6 is 11.6 Å². The van der Waals surface area contributed by atoms with Crippen LogP contribution in [0, 0.1) is 5.92 Å². The Morgan fingerprint density at radius 1 is 1.35 bits per heavy atom. The van der Waals surface area contributed by atoms with Crippen molar-refractivity contribution in [2.24, 2.45) is 5.92 Å². The molecule has 0 aliphatic carbocycles. The molecule has 1 rings (SSSR count). The molecular formula is C11H18ClN3O2. The standard InChI is InChI=1S/C11H15ClN2O2.H3N/c1-6(2)5-16-11(15)7-3-8(13)10(12)9(14)4-7;/h3-4,6H,5,13-14H2,1-2H3;1H3. The van der Waals surface area contributed by atoms with Gasteiger partial charge in [-0.25, -0.2) is 4.79 Å². The number of ether oxygens (including phenoxy) is 1. The molecule has 0 aliphatic heterocycles. The number of benzene rings is 1. The second kappa shape index (κ2) is 6.32. The Bertz CT molecular complexity index is 385. The number of hydrogen-bond acceptors (Lipinski definition) is 5. The van der Waals surface area contributed by atoms with Gasteiger partial charge in [0.25, 0.3) is 0 Å². The van der Waals surface area contributed by atoms with E-state index in [1.807, 2.05) is 13.8 Å². The van der Waals surface area contributed by atoms with E-state index in [2.05, 4.69) is 0 Å². The highest BCUT2D eigenvalue weighted by Crippen LogP contribution is 2.27. The molecule has 0 spiro atoms. The summed E-state index contributed by atoms with van der Waals surface area (Å²) in [5.74, 6) is -0.158. The van der Waals surface area contributed by atoms with Crippen LogP contribution in [0.2, 0.25) is 5.02 Å². The van der Waals surface area contributed by atoms with Crippen LogP contribution in [-0.2, 0) is 4.74 Å². The zero-order valence-electron chi connectivity index (χ0n) is 10.00. The Morgan fingerprint density at radius 3 is 2.24 bits per heavy atom. The fraction of sp³-hybridized carbons (Fsp3) is 0.364. The molecule has 1 aromatic carbocycles. The molecule has 0 aliphatic rings. The fourth-order valence-electron chi connectivity index (χ4n) is 1.11. The Balaban J connectivity index is 0.00000256. The molecule has 0 fully saturated rings. The van der Waals surface area contributed by atoms with Crippen molar-refractivity contribution in [1.82, 2.24) is 6.15 Å². The Hall–Kier alpha value is -1.46. The summed E-state index contributed by atoms with van der Waals surface area (Å²) in [4.78, 5) is 11.6. The molecule has 0 heterocycles. The summed E-state index contributed by atoms with van der Waals surface area (Å²) in [5.41, 5.74) is 12.1. The highest BCUT2D eigenvalue weighted by molar-refractivity contribution is 6.35. The first-order chi connectivity index (χ1) is 7.41. The Morgan fingerprint density at radius 2 is 1.82 bits per heavy atom. The number of carbonyl (C=O) groups excluding carboxylic acids is 1. The molecule has 6 heteroatoms. The van der Waals surface area contributed by atoms with Crippen LogP contribution in [0.5, 0.6) is 0 Å². The number of halogens is 1. The predicted octanol–water partition coefficient (Wildman–Crippen LogP) is 2.48. The molecule has 0 saturated heterocycles. The van der Waals surface area contributed by atoms with Crippen molar-refractivity contribution >= 4 is 28.9 Å². The number of nitrogen functional groups attached to an aromatic ring is 2. The molecule has 0 unspecified atom stereocenters. The van der Waals surface area contributed by atoms with Crippen molar-refractivity contribution in [1.29, 1.82) is 0 Å². The summed E-state index contributed by atoms with van der Waals surface area (Å²) in [6.45, 7) is 4.27. The summed E-state index contributed by atoms with van der Waals surface area (Å²) in [6, 6.07) is 2.92. The molecule has 0 radical (unpaired) electrons. The van der Waals surface area contributed by atoms with Gasteiger partial charge in [0.05, 0.1) is 28.6 Å². The number of anilines is 2. The smallest absolute Gasteiger partial charge is 0.338 e. The molecule has 0 atom stereocenters. The van der Waals surface area contributed by atoms with Crippen LogP contribution < -0.4 is 17.6 Å². The Kier molecular flexibility index (Phi) is 5.78. The van der Waals surface area contributed by atoms with Gasteiger partial charge < -0.3 is 22.4 Å². The van der Waals surface area contributed by atoms with Gasteiger partial charge in [-0.2, -0.15) is 0 Å². The first-order valence-corrected chi connectivity index (χ1v) is 5.31. The molecule has 0 amide bonds. The van der Waals surface area contributed by atoms with Crippen molar-refractivity contribution in [3.63, 3.8) is 0 Å². The van der Waals surface area contributed by atoms with Gasteiger partial charge in [0.15, 0.2) is 0 Å². The van der Waals surface area contributed by atoms with Crippen molar-refractivity contribution in [3.8, 4) is 0 Å². The van der Waals surface area contributed by atoms with E-state index in [0.717, 1.165) is 0 Å². The zero-order valence-corrected chi connectivity index (χ0v) is 10.8. The van der Waals surface area contributed by atoms with E-state index in [4.69, 9.17) is 27.8 Å². The normalized spacial score (nSPS) is 9.88. The third-order valence-corrected chi connectivity index (χ3v) is 2.35. The number of carbonyl (C=O) groups is 1. The first kappa shape index (κ1) is 15.5. The van der Waals surface area contributed by atoms with Gasteiger partial charge in [-0.05, 0) is 18.1 Å². The minimum atomic E-state index is -0.441. The molecule has 96 valence electrons. The van der Waals surface area contributed by atoms with E-state index in [9.17, 15) is 4.79 Å². The number of esters is 1. The number of hydrogen-bond donors (Lipinski definition) is 3. The van der Waals surface area contributed by atoms with E-state index in [-0.39, 0.29) is 28.5 Å². The lowest BCUT2D eigenvalue weighted by Crippen LogP contribution is -2.11. The number of nitrogens with two attached hydrogens (primary N) is 2. The highest BCUT2D eigenvalue weighted by Gasteiger charge is 2.12. The maximum atomic E-state index is 11.6. The van der Waals surface area contributed by atoms with Crippen LogP contribution in [0.15, 0.2) is 12.1 Å². The summed E-state index contributed by atoms with van der Waals surface area (Å²) in [7, 11) is 0. The van der Waals surface area contributed by atoms with E-state index < -0.39 is 5.97 Å². The number of rotatable bonds is 3. The van der Waals surface area contributed by atoms with Gasteiger partial charge in [-0.3, -0.25) is 0 Å². The molecule has 17 heavy (non-hydrogen) atoms. The van der Waals surface area contributed by atoms with Crippen LogP contribution in [0.1, 0.15) is 24.2 Å². The molecule has 1 aromatic rings. The van der Waals surface area contributed by atoms with Gasteiger partial charge in [0.1, 0.15) is 0 Å². The second-order valence-corrected chi connectivity index (χ2v) is 4.34. The SMILES string of the molecule is CC(C)COC(=O)c1cc(N)c(Cl)c(N)c1.N. The summed E-state index contributed by atoms with van der Waals surface area (Å²) >= 11 is 5.78. The molecule has 0 aromatic heterocycles. The van der Waals surface area contributed by atoms with E-state index in [0.29, 0.717) is 12.2 Å². The molecule has 7 N–H and O–H groups in total. The first-order valence-electron chi connectivity index (χ1n) is 4.93. The summed E-state index contributed by atoms with van der Waals surface area (Å²) in [6.07, 6.45) is 0. The van der Waals surface area contributed by atoms with Crippen LogP contribution in [-0.4, -0.2) is 12.6 Å². The van der Waals surface area contributed by atoms with Gasteiger partial charge in [0.2, 0.25) is 0 Å². The van der Waals surface area contributed by atoms with Crippen molar-refractivity contribution in [2.75, 3.05) is 18.1 Å². The lowest BCUT2D eigenvalue weighted by Gasteiger charge is -2.09. The minimum Gasteiger partial charge on any atom is -0.462 e. The molecule has 0 saturated carbocycles. The topological polar surface area (TPSA) is 113 Å². The van der Waals surface area contributed by atoms with Crippen molar-refractivity contribution < 1.29 is 9.53 Å². The third-order valence-electron chi connectivity index (χ3n) is 1.91. The quantitative estimate of drug-likeness (QED) is 0.570. The van der Waals surface area contributed by atoms with E-state index in [1.54, 1.807) is 0 Å². The molecular weight excluding hydrogens is 242 g/mol. The van der Waals surface area contributed by atoms with Crippen LogP contribution in [0.4, 0.5) is 11.4 Å². The van der Waals surface area contributed by atoms with Crippen molar-refractivity contribution in [3.05, 3.63) is 22.7 Å². The monoisotopic (exact) mass is 259 g/mol. The fourth-order valence-corrected chi connectivity index (χ4v) is 1.22. The molecule has 0 bridgehead atoms. The maximum absolute atomic E-state index is 11.6. The lowest BCUT2D eigenvalue weighted by molar-refractivity contribution is 0.0459. The average Bonchev–Trinajstić information content (AvgIpc) is 2.21. The van der Waals surface area contributed by atoms with E-state index in [1.165, 1.54) is 12.1 Å². The maximum Gasteiger partial charge on any atom is 0.338 e. The summed E-state index contributed by atoms with van der Waals surface area (Å²) in [5, 5.41) is 0.264. The van der Waals surface area contributed by atoms with Gasteiger partial charge in [0, 0.05) is 0 Å². The second-order valence-electron chi connectivity index (χ2n) is 3.96. The summed E-state index contributed by atoms with van der Waals surface area (Å²) < 4.78 is 5.05. The lowest BCUT2D eigenvalue weighted by atomic mass is 10.1. The van der Waals surface area contributed by atoms with Gasteiger partial charge >= 0.3 is 5.97 Å². The predicted molar refractivity (Wildman–Crippen MR) is 70.4 cm³/mol. The van der Waals surface area contributed by atoms with Crippen molar-refractivity contribution in [2.45, 2.75) is 13.8 Å². The van der Waals surface area contributed by atoms with Gasteiger partial charge in [-0.15, -0.1) is 0 Å².